The number of nitrogens with one attached hydrogen (secondary N) is 1. The summed E-state index contributed by atoms with van der Waals surface area (Å²) in [7, 11) is 0. The first kappa shape index (κ1) is 16.4. The topological polar surface area (TPSA) is 49.4 Å². The molecule has 0 aliphatic heterocycles. The van der Waals surface area contributed by atoms with E-state index in [4.69, 9.17) is 46.6 Å². The number of hydrogen-bond donors (Lipinski definition) is 1. The zero-order valence-electron chi connectivity index (χ0n) is 9.74. The van der Waals surface area contributed by atoms with Crippen LogP contribution in [-0.2, 0) is 4.79 Å². The van der Waals surface area contributed by atoms with Crippen molar-refractivity contribution in [3.63, 3.8) is 0 Å². The monoisotopic (exact) mass is 342 g/mol. The van der Waals surface area contributed by atoms with Gasteiger partial charge in [0.1, 0.15) is 0 Å². The molecule has 0 saturated heterocycles. The van der Waals surface area contributed by atoms with Crippen molar-refractivity contribution in [3.8, 4) is 0 Å². The Kier molecular flexibility index (Phi) is 5.74. The van der Waals surface area contributed by atoms with Gasteiger partial charge in [0.25, 0.3) is 5.91 Å². The molecule has 2 amide bonds. The van der Waals surface area contributed by atoms with Crippen LogP contribution in [-0.4, -0.2) is 26.2 Å². The van der Waals surface area contributed by atoms with Crippen LogP contribution >= 0.6 is 46.6 Å². The molecule has 0 aliphatic carbocycles. The van der Waals surface area contributed by atoms with E-state index in [0.717, 1.165) is 0 Å². The molecule has 1 aromatic carbocycles. The second-order valence-electron chi connectivity index (χ2n) is 3.61. The number of carbonyl (C=O) groups excluding carboxylic acids is 2. The molecule has 0 heterocycles. The first-order valence-corrected chi connectivity index (χ1v) is 6.59. The Morgan fingerprint density at radius 3 is 2.16 bits per heavy atom. The highest BCUT2D eigenvalue weighted by atomic mass is 35.6. The number of alkyl halides is 3. The average Bonchev–Trinajstić information content (AvgIpc) is 2.34. The highest BCUT2D eigenvalue weighted by molar-refractivity contribution is 6.68. The summed E-state index contributed by atoms with van der Waals surface area (Å²) < 4.78 is -1.33. The van der Waals surface area contributed by atoms with E-state index in [2.05, 4.69) is 5.32 Å². The molecular weight excluding hydrogens is 334 g/mol. The Hall–Kier alpha value is -0.680. The third kappa shape index (κ3) is 4.73. The van der Waals surface area contributed by atoms with E-state index in [9.17, 15) is 9.59 Å². The lowest BCUT2D eigenvalue weighted by Crippen LogP contribution is -2.53. The number of amides is 2. The zero-order chi connectivity index (χ0) is 14.6. The summed E-state index contributed by atoms with van der Waals surface area (Å²) in [5.74, 6) is -1.07. The van der Waals surface area contributed by atoms with Crippen LogP contribution in [0.3, 0.4) is 0 Å². The lowest BCUT2D eigenvalue weighted by molar-refractivity contribution is -0.126. The van der Waals surface area contributed by atoms with Crippen LogP contribution in [0, 0.1) is 0 Å². The summed E-state index contributed by atoms with van der Waals surface area (Å²) in [6.07, 6.45) is -1.29. The van der Waals surface area contributed by atoms with Crippen molar-refractivity contribution in [1.29, 1.82) is 0 Å². The van der Waals surface area contributed by atoms with Crippen molar-refractivity contribution < 1.29 is 9.59 Å². The van der Waals surface area contributed by atoms with Gasteiger partial charge in [0.2, 0.25) is 9.70 Å². The normalized spacial score (nSPS) is 12.7. The predicted octanol–water partition coefficient (Wildman–Crippen LogP) is 3.12. The van der Waals surface area contributed by atoms with Crippen LogP contribution in [0.4, 0.5) is 0 Å². The summed E-state index contributed by atoms with van der Waals surface area (Å²) >= 11 is 22.8. The molecule has 0 fully saturated rings. The molecule has 8 heteroatoms. The summed E-state index contributed by atoms with van der Waals surface area (Å²) in [5, 5.41) is 2.39. The van der Waals surface area contributed by atoms with Crippen LogP contribution in [0.15, 0.2) is 30.3 Å². The zero-order valence-corrected chi connectivity index (χ0v) is 12.8. The van der Waals surface area contributed by atoms with Crippen LogP contribution in [0.2, 0.25) is 0 Å². The molecule has 0 saturated carbocycles. The van der Waals surface area contributed by atoms with Gasteiger partial charge in [0.15, 0.2) is 6.17 Å². The lowest BCUT2D eigenvalue weighted by Gasteiger charge is -2.30. The van der Waals surface area contributed by atoms with Crippen LogP contribution in [0.1, 0.15) is 17.3 Å². The number of halogens is 4. The maximum absolute atomic E-state index is 11.9. The van der Waals surface area contributed by atoms with E-state index in [-0.39, 0.29) is 0 Å². The van der Waals surface area contributed by atoms with Gasteiger partial charge in [0.05, 0.1) is 0 Å². The molecule has 0 radical (unpaired) electrons. The molecule has 1 aromatic rings. The van der Waals surface area contributed by atoms with Gasteiger partial charge in [-0.05, 0) is 12.1 Å². The smallest absolute Gasteiger partial charge is 0.253 e. The van der Waals surface area contributed by atoms with Gasteiger partial charge in [-0.2, -0.15) is 0 Å². The maximum Gasteiger partial charge on any atom is 0.253 e. The van der Waals surface area contributed by atoms with Crippen molar-refractivity contribution in [3.05, 3.63) is 35.9 Å². The van der Waals surface area contributed by atoms with Gasteiger partial charge in [0, 0.05) is 24.3 Å². The second-order valence-corrected chi connectivity index (χ2v) is 6.35. The standard InChI is InChI=1S/C11H10Cl4N2O2/c1-7(18)17(15)10(11(12,13)14)16-9(19)8-5-3-2-4-6-8/h2-6,10H,1H3,(H,16,19). The predicted molar refractivity (Wildman–Crippen MR) is 76.4 cm³/mol. The molecular formula is C11H10Cl4N2O2. The fourth-order valence-corrected chi connectivity index (χ4v) is 2.05. The van der Waals surface area contributed by atoms with Gasteiger partial charge in [-0.25, -0.2) is 4.42 Å². The Balaban J connectivity index is 2.91. The van der Waals surface area contributed by atoms with Crippen molar-refractivity contribution in [2.24, 2.45) is 0 Å². The highest BCUT2D eigenvalue weighted by Gasteiger charge is 2.39. The van der Waals surface area contributed by atoms with E-state index >= 15 is 0 Å². The molecule has 104 valence electrons. The number of carbonyl (C=O) groups is 2. The molecule has 0 aliphatic rings. The first-order chi connectivity index (χ1) is 8.73. The van der Waals surface area contributed by atoms with Gasteiger partial charge in [-0.15, -0.1) is 0 Å². The molecule has 0 spiro atoms. The SMILES string of the molecule is CC(=O)N(Cl)C(NC(=O)c1ccccc1)C(Cl)(Cl)Cl. The Morgan fingerprint density at radius 1 is 1.21 bits per heavy atom. The summed E-state index contributed by atoms with van der Waals surface area (Å²) in [6, 6.07) is 8.28. The molecule has 0 bridgehead atoms. The molecule has 4 nitrogen and oxygen atoms in total. The summed E-state index contributed by atoms with van der Waals surface area (Å²) in [6.45, 7) is 1.19. The molecule has 1 atom stereocenters. The Labute approximate surface area is 130 Å². The van der Waals surface area contributed by atoms with Gasteiger partial charge >= 0.3 is 0 Å². The Morgan fingerprint density at radius 2 is 1.74 bits per heavy atom. The van der Waals surface area contributed by atoms with Crippen molar-refractivity contribution in [2.75, 3.05) is 0 Å². The fraction of sp³-hybridized carbons (Fsp3) is 0.273. The first-order valence-electron chi connectivity index (χ1n) is 5.11. The van der Waals surface area contributed by atoms with Crippen LogP contribution < -0.4 is 5.32 Å². The largest absolute Gasteiger partial charge is 0.327 e. The van der Waals surface area contributed by atoms with E-state index < -0.39 is 21.8 Å². The minimum Gasteiger partial charge on any atom is -0.327 e. The van der Waals surface area contributed by atoms with Gasteiger partial charge < -0.3 is 5.32 Å². The van der Waals surface area contributed by atoms with E-state index in [1.807, 2.05) is 0 Å². The molecule has 0 aromatic heterocycles. The van der Waals surface area contributed by atoms with Crippen molar-refractivity contribution >= 4 is 58.4 Å². The van der Waals surface area contributed by atoms with Gasteiger partial charge in [-0.3, -0.25) is 9.59 Å². The number of benzene rings is 1. The molecule has 1 unspecified atom stereocenters. The van der Waals surface area contributed by atoms with E-state index in [0.29, 0.717) is 9.98 Å². The minimum absolute atomic E-state index is 0.357. The van der Waals surface area contributed by atoms with E-state index in [1.165, 1.54) is 6.92 Å². The molecule has 1 N–H and O–H groups in total. The molecule has 19 heavy (non-hydrogen) atoms. The summed E-state index contributed by atoms with van der Waals surface area (Å²) in [5.41, 5.74) is 0.357. The molecule has 1 rings (SSSR count). The third-order valence-corrected chi connectivity index (χ3v) is 3.19. The van der Waals surface area contributed by atoms with Crippen molar-refractivity contribution in [1.82, 2.24) is 9.74 Å². The lowest BCUT2D eigenvalue weighted by atomic mass is 10.2. The third-order valence-electron chi connectivity index (χ3n) is 2.14. The van der Waals surface area contributed by atoms with Crippen LogP contribution in [0.5, 0.6) is 0 Å². The van der Waals surface area contributed by atoms with Crippen molar-refractivity contribution in [2.45, 2.75) is 16.9 Å². The quantitative estimate of drug-likeness (QED) is 0.520. The number of nitrogens with zero attached hydrogens (tertiary/aromatic N) is 1. The van der Waals surface area contributed by atoms with Gasteiger partial charge in [-0.1, -0.05) is 53.0 Å². The average molecular weight is 344 g/mol. The number of rotatable bonds is 3. The van der Waals surface area contributed by atoms with E-state index in [1.54, 1.807) is 30.3 Å². The maximum atomic E-state index is 11.9. The second kappa shape index (κ2) is 6.66. The fourth-order valence-electron chi connectivity index (χ4n) is 1.25. The van der Waals surface area contributed by atoms with Crippen LogP contribution in [0.25, 0.3) is 0 Å². The summed E-state index contributed by atoms with van der Waals surface area (Å²) in [4.78, 5) is 23.2. The minimum atomic E-state index is -1.96. The highest BCUT2D eigenvalue weighted by Crippen LogP contribution is 2.33. The number of hydrogen-bond acceptors (Lipinski definition) is 2. The Bertz CT molecular complexity index is 462.